The molecule has 0 radical (unpaired) electrons. The molecule has 0 aromatic heterocycles. The molecule has 2 fully saturated rings. The van der Waals surface area contributed by atoms with Crippen LogP contribution < -0.4 is 11.1 Å². The number of amides is 1. The Hall–Kier alpha value is -0.610. The van der Waals surface area contributed by atoms with Crippen molar-refractivity contribution < 1.29 is 4.79 Å². The summed E-state index contributed by atoms with van der Waals surface area (Å²) in [6.45, 7) is 6.69. The van der Waals surface area contributed by atoms with Crippen molar-refractivity contribution in [1.29, 1.82) is 0 Å². The Morgan fingerprint density at radius 1 is 1.24 bits per heavy atom. The first-order valence-corrected chi connectivity index (χ1v) is 8.85. The van der Waals surface area contributed by atoms with E-state index in [2.05, 4.69) is 17.1 Å². The van der Waals surface area contributed by atoms with E-state index in [1.807, 2.05) is 0 Å². The third-order valence-corrected chi connectivity index (χ3v) is 5.21. The maximum atomic E-state index is 12.0. The number of nitrogens with zero attached hydrogens (tertiary/aromatic N) is 1. The first-order valence-electron chi connectivity index (χ1n) is 8.85. The molecule has 0 unspecified atom stereocenters. The molecule has 21 heavy (non-hydrogen) atoms. The van der Waals surface area contributed by atoms with Gasteiger partial charge >= 0.3 is 0 Å². The van der Waals surface area contributed by atoms with Crippen molar-refractivity contribution in [3.8, 4) is 0 Å². The predicted octanol–water partition coefficient (Wildman–Crippen LogP) is 2.28. The standard InChI is InChI=1S/C17H33N3O/c1-15-6-12-20(13-7-15)11-5-10-19-16(21)14-17(18)8-3-2-4-9-17/h15H,2-14,18H2,1H3,(H,19,21). The molecule has 1 aliphatic carbocycles. The largest absolute Gasteiger partial charge is 0.356 e. The number of nitrogens with two attached hydrogens (primary N) is 1. The van der Waals surface area contributed by atoms with Crippen molar-refractivity contribution in [1.82, 2.24) is 10.2 Å². The van der Waals surface area contributed by atoms with Crippen LogP contribution in [0.2, 0.25) is 0 Å². The summed E-state index contributed by atoms with van der Waals surface area (Å²) in [6.07, 6.45) is 9.85. The van der Waals surface area contributed by atoms with Crippen molar-refractivity contribution in [3.05, 3.63) is 0 Å². The average molecular weight is 295 g/mol. The van der Waals surface area contributed by atoms with Crippen LogP contribution in [0.3, 0.4) is 0 Å². The number of piperidine rings is 1. The van der Waals surface area contributed by atoms with E-state index in [0.717, 1.165) is 38.3 Å². The summed E-state index contributed by atoms with van der Waals surface area (Å²) in [6, 6.07) is 0. The normalized spacial score (nSPS) is 23.9. The number of nitrogens with one attached hydrogen (secondary N) is 1. The minimum absolute atomic E-state index is 0.145. The molecule has 0 spiro atoms. The van der Waals surface area contributed by atoms with Gasteiger partial charge in [0.1, 0.15) is 0 Å². The number of hydrogen-bond acceptors (Lipinski definition) is 3. The van der Waals surface area contributed by atoms with Crippen LogP contribution in [-0.2, 0) is 4.79 Å². The fourth-order valence-electron chi connectivity index (χ4n) is 3.63. The highest BCUT2D eigenvalue weighted by Gasteiger charge is 2.29. The van der Waals surface area contributed by atoms with Crippen molar-refractivity contribution in [2.75, 3.05) is 26.2 Å². The summed E-state index contributed by atoms with van der Waals surface area (Å²) in [5, 5.41) is 3.06. The number of likely N-dealkylation sites (tertiary alicyclic amines) is 1. The first kappa shape index (κ1) is 16.8. The zero-order valence-electron chi connectivity index (χ0n) is 13.7. The number of carbonyl (C=O) groups excluding carboxylic acids is 1. The smallest absolute Gasteiger partial charge is 0.221 e. The third kappa shape index (κ3) is 5.95. The molecule has 1 amide bonds. The molecule has 3 N–H and O–H groups in total. The van der Waals surface area contributed by atoms with Crippen LogP contribution in [-0.4, -0.2) is 42.5 Å². The third-order valence-electron chi connectivity index (χ3n) is 5.21. The second-order valence-corrected chi connectivity index (χ2v) is 7.33. The molecular weight excluding hydrogens is 262 g/mol. The van der Waals surface area contributed by atoms with Gasteiger partial charge in [-0.3, -0.25) is 4.79 Å². The maximum absolute atomic E-state index is 12.0. The van der Waals surface area contributed by atoms with E-state index < -0.39 is 0 Å². The maximum Gasteiger partial charge on any atom is 0.221 e. The SMILES string of the molecule is CC1CCN(CCCNC(=O)CC2(N)CCCCC2)CC1. The van der Waals surface area contributed by atoms with Gasteiger partial charge in [-0.2, -0.15) is 0 Å². The van der Waals surface area contributed by atoms with E-state index in [1.54, 1.807) is 0 Å². The van der Waals surface area contributed by atoms with Crippen LogP contribution in [0.5, 0.6) is 0 Å². The van der Waals surface area contributed by atoms with E-state index >= 15 is 0 Å². The number of hydrogen-bond donors (Lipinski definition) is 2. The molecule has 0 aromatic carbocycles. The van der Waals surface area contributed by atoms with Crippen LogP contribution in [0.15, 0.2) is 0 Å². The Morgan fingerprint density at radius 2 is 1.90 bits per heavy atom. The van der Waals surface area contributed by atoms with Gasteiger partial charge in [0.15, 0.2) is 0 Å². The van der Waals surface area contributed by atoms with Crippen molar-refractivity contribution in [2.45, 2.75) is 70.3 Å². The fraction of sp³-hybridized carbons (Fsp3) is 0.941. The monoisotopic (exact) mass is 295 g/mol. The molecular formula is C17H33N3O. The van der Waals surface area contributed by atoms with Gasteiger partial charge in [-0.1, -0.05) is 26.2 Å². The number of carbonyl (C=O) groups is 1. The minimum atomic E-state index is -0.231. The summed E-state index contributed by atoms with van der Waals surface area (Å²) < 4.78 is 0. The van der Waals surface area contributed by atoms with Crippen molar-refractivity contribution in [2.24, 2.45) is 11.7 Å². The Labute approximate surface area is 129 Å². The van der Waals surface area contributed by atoms with Gasteiger partial charge in [-0.25, -0.2) is 0 Å². The highest BCUT2D eigenvalue weighted by molar-refractivity contribution is 5.77. The lowest BCUT2D eigenvalue weighted by molar-refractivity contribution is -0.122. The lowest BCUT2D eigenvalue weighted by Crippen LogP contribution is -2.46. The Bertz CT molecular complexity index is 318. The van der Waals surface area contributed by atoms with Crippen molar-refractivity contribution in [3.63, 3.8) is 0 Å². The lowest BCUT2D eigenvalue weighted by atomic mass is 9.80. The van der Waals surface area contributed by atoms with Crippen LogP contribution in [0, 0.1) is 5.92 Å². The molecule has 0 aromatic rings. The zero-order valence-corrected chi connectivity index (χ0v) is 13.7. The summed E-state index contributed by atoms with van der Waals surface area (Å²) in [7, 11) is 0. The Morgan fingerprint density at radius 3 is 2.57 bits per heavy atom. The zero-order chi connectivity index (χ0) is 15.1. The topological polar surface area (TPSA) is 58.4 Å². The highest BCUT2D eigenvalue weighted by Crippen LogP contribution is 2.28. The van der Waals surface area contributed by atoms with Gasteiger partial charge in [-0.05, 0) is 57.7 Å². The van der Waals surface area contributed by atoms with E-state index in [9.17, 15) is 4.79 Å². The molecule has 1 heterocycles. The van der Waals surface area contributed by atoms with E-state index in [4.69, 9.17) is 5.73 Å². The van der Waals surface area contributed by atoms with Gasteiger partial charge in [0.2, 0.25) is 5.91 Å². The highest BCUT2D eigenvalue weighted by atomic mass is 16.1. The average Bonchev–Trinajstić information content (AvgIpc) is 2.46. The summed E-state index contributed by atoms with van der Waals surface area (Å²) in [5.74, 6) is 1.03. The second kappa shape index (κ2) is 8.14. The summed E-state index contributed by atoms with van der Waals surface area (Å²) >= 11 is 0. The molecule has 4 nitrogen and oxygen atoms in total. The molecule has 122 valence electrons. The second-order valence-electron chi connectivity index (χ2n) is 7.33. The molecule has 1 aliphatic heterocycles. The quantitative estimate of drug-likeness (QED) is 0.739. The predicted molar refractivity (Wildman–Crippen MR) is 87.1 cm³/mol. The van der Waals surface area contributed by atoms with Gasteiger partial charge < -0.3 is 16.0 Å². The van der Waals surface area contributed by atoms with Gasteiger partial charge in [0.25, 0.3) is 0 Å². The van der Waals surface area contributed by atoms with E-state index in [1.165, 1.54) is 45.2 Å². The van der Waals surface area contributed by atoms with Crippen LogP contribution >= 0.6 is 0 Å². The Kier molecular flexibility index (Phi) is 6.49. The molecule has 1 saturated carbocycles. The van der Waals surface area contributed by atoms with Gasteiger partial charge in [0.05, 0.1) is 0 Å². The fourth-order valence-corrected chi connectivity index (χ4v) is 3.63. The van der Waals surface area contributed by atoms with Crippen LogP contribution in [0.4, 0.5) is 0 Å². The Balaban J connectivity index is 1.55. The van der Waals surface area contributed by atoms with Gasteiger partial charge in [0, 0.05) is 18.5 Å². The number of rotatable bonds is 6. The van der Waals surface area contributed by atoms with Gasteiger partial charge in [-0.15, -0.1) is 0 Å². The minimum Gasteiger partial charge on any atom is -0.356 e. The molecule has 2 rings (SSSR count). The molecule has 1 saturated heterocycles. The molecule has 0 atom stereocenters. The molecule has 0 bridgehead atoms. The lowest BCUT2D eigenvalue weighted by Gasteiger charge is -2.33. The van der Waals surface area contributed by atoms with Crippen LogP contribution in [0.1, 0.15) is 64.7 Å². The molecule has 4 heteroatoms. The summed E-state index contributed by atoms with van der Waals surface area (Å²) in [4.78, 5) is 14.5. The van der Waals surface area contributed by atoms with Crippen LogP contribution in [0.25, 0.3) is 0 Å². The van der Waals surface area contributed by atoms with Crippen molar-refractivity contribution >= 4 is 5.91 Å². The molecule has 2 aliphatic rings. The first-order chi connectivity index (χ1) is 10.1. The van der Waals surface area contributed by atoms with E-state index in [-0.39, 0.29) is 11.4 Å². The summed E-state index contributed by atoms with van der Waals surface area (Å²) in [5.41, 5.74) is 6.09. The van der Waals surface area contributed by atoms with E-state index in [0.29, 0.717) is 6.42 Å².